The number of carbonyl (C=O) groups is 2. The fraction of sp³-hybridized carbons (Fsp3) is 0.385. The van der Waals surface area contributed by atoms with Crippen molar-refractivity contribution in [3.63, 3.8) is 0 Å². The number of alkyl halides is 1. The smallest absolute Gasteiger partial charge is 0.217 e. The van der Waals surface area contributed by atoms with Gasteiger partial charge in [0.2, 0.25) is 5.91 Å². The Kier molecular flexibility index (Phi) is 5.91. The number of aryl methyl sites for hydroxylation is 1. The molecule has 1 aromatic carbocycles. The van der Waals surface area contributed by atoms with Gasteiger partial charge in [-0.1, -0.05) is 46.3 Å². The Labute approximate surface area is 110 Å². The zero-order chi connectivity index (χ0) is 12.7. The predicted molar refractivity (Wildman–Crippen MR) is 71.2 cm³/mol. The Morgan fingerprint density at radius 3 is 2.47 bits per heavy atom. The summed E-state index contributed by atoms with van der Waals surface area (Å²) >= 11 is 3.13. The highest BCUT2D eigenvalue weighted by Gasteiger charge is 2.17. The minimum atomic E-state index is -0.396. The number of Topliss-reactive ketones (excluding diaryl/α,β-unsaturated/α-hetero) is 1. The summed E-state index contributed by atoms with van der Waals surface area (Å²) in [5.74, 6) is -0.159. The van der Waals surface area contributed by atoms with Crippen LogP contribution in [0.5, 0.6) is 0 Å². The Morgan fingerprint density at radius 1 is 1.29 bits per heavy atom. The van der Waals surface area contributed by atoms with Crippen molar-refractivity contribution in [1.82, 2.24) is 5.32 Å². The van der Waals surface area contributed by atoms with E-state index in [-0.39, 0.29) is 17.0 Å². The van der Waals surface area contributed by atoms with E-state index in [9.17, 15) is 9.59 Å². The number of hydrogen-bond acceptors (Lipinski definition) is 2. The fourth-order valence-electron chi connectivity index (χ4n) is 1.61. The number of rotatable bonds is 6. The second kappa shape index (κ2) is 7.22. The predicted octanol–water partition coefficient (Wildman–Crippen LogP) is 2.09. The molecular formula is C13H16BrNO2. The molecule has 92 valence electrons. The normalized spacial score (nSPS) is 11.9. The average molecular weight is 298 g/mol. The van der Waals surface area contributed by atoms with Gasteiger partial charge in [0.1, 0.15) is 0 Å². The van der Waals surface area contributed by atoms with Crippen LogP contribution in [0.15, 0.2) is 30.3 Å². The van der Waals surface area contributed by atoms with Crippen molar-refractivity contribution in [3.05, 3.63) is 35.9 Å². The number of hydrogen-bond donors (Lipinski definition) is 1. The molecule has 0 fully saturated rings. The van der Waals surface area contributed by atoms with E-state index >= 15 is 0 Å². The highest BCUT2D eigenvalue weighted by atomic mass is 79.9. The van der Waals surface area contributed by atoms with Crippen LogP contribution in [0.25, 0.3) is 0 Å². The van der Waals surface area contributed by atoms with Gasteiger partial charge < -0.3 is 5.32 Å². The lowest BCUT2D eigenvalue weighted by atomic mass is 10.0. The Morgan fingerprint density at radius 2 is 1.94 bits per heavy atom. The summed E-state index contributed by atoms with van der Waals surface area (Å²) in [5, 5.41) is 2.95. The van der Waals surface area contributed by atoms with E-state index in [1.807, 2.05) is 30.3 Å². The first kappa shape index (κ1) is 13.9. The number of benzene rings is 1. The zero-order valence-electron chi connectivity index (χ0n) is 9.78. The minimum Gasteiger partial charge on any atom is -0.346 e. The first-order chi connectivity index (χ1) is 8.13. The van der Waals surface area contributed by atoms with Gasteiger partial charge in [-0.15, -0.1) is 0 Å². The lowest BCUT2D eigenvalue weighted by molar-refractivity contribution is -0.125. The van der Waals surface area contributed by atoms with Gasteiger partial charge in [-0.3, -0.25) is 9.59 Å². The number of nitrogens with one attached hydrogen (secondary N) is 1. The van der Waals surface area contributed by atoms with Crippen molar-refractivity contribution in [2.24, 2.45) is 0 Å². The van der Waals surface area contributed by atoms with Crippen molar-refractivity contribution < 1.29 is 9.59 Å². The van der Waals surface area contributed by atoms with E-state index in [2.05, 4.69) is 21.2 Å². The van der Waals surface area contributed by atoms with Crippen LogP contribution in [-0.4, -0.2) is 23.1 Å². The molecule has 17 heavy (non-hydrogen) atoms. The van der Waals surface area contributed by atoms with Crippen LogP contribution >= 0.6 is 15.9 Å². The van der Waals surface area contributed by atoms with Crippen LogP contribution in [-0.2, 0) is 16.0 Å². The SMILES string of the molecule is CC(=O)NC(CCc1ccccc1)C(=O)CBr. The molecule has 0 saturated carbocycles. The molecule has 0 aliphatic heterocycles. The molecule has 1 unspecified atom stereocenters. The molecule has 1 aromatic rings. The third-order valence-electron chi connectivity index (χ3n) is 2.46. The van der Waals surface area contributed by atoms with Gasteiger partial charge in [0.05, 0.1) is 11.4 Å². The van der Waals surface area contributed by atoms with E-state index < -0.39 is 6.04 Å². The fourth-order valence-corrected chi connectivity index (χ4v) is 2.00. The van der Waals surface area contributed by atoms with Crippen molar-refractivity contribution in [3.8, 4) is 0 Å². The summed E-state index contributed by atoms with van der Waals surface area (Å²) in [7, 11) is 0. The van der Waals surface area contributed by atoms with Gasteiger partial charge in [-0.25, -0.2) is 0 Å². The maximum atomic E-state index is 11.6. The van der Waals surface area contributed by atoms with Crippen LogP contribution in [0, 0.1) is 0 Å². The van der Waals surface area contributed by atoms with Crippen LogP contribution in [0.3, 0.4) is 0 Å². The van der Waals surface area contributed by atoms with Gasteiger partial charge in [0.15, 0.2) is 5.78 Å². The molecule has 0 spiro atoms. The molecule has 0 bridgehead atoms. The highest BCUT2D eigenvalue weighted by Crippen LogP contribution is 2.06. The van der Waals surface area contributed by atoms with Crippen LogP contribution < -0.4 is 5.32 Å². The topological polar surface area (TPSA) is 46.2 Å². The van der Waals surface area contributed by atoms with Crippen LogP contribution in [0.2, 0.25) is 0 Å². The number of ketones is 1. The largest absolute Gasteiger partial charge is 0.346 e. The molecule has 1 rings (SSSR count). The van der Waals surface area contributed by atoms with Crippen LogP contribution in [0.1, 0.15) is 18.9 Å². The molecule has 0 aliphatic carbocycles. The Balaban J connectivity index is 2.55. The van der Waals surface area contributed by atoms with Crippen molar-refractivity contribution in [2.75, 3.05) is 5.33 Å². The highest BCUT2D eigenvalue weighted by molar-refractivity contribution is 9.09. The van der Waals surface area contributed by atoms with Crippen LogP contribution in [0.4, 0.5) is 0 Å². The molecule has 0 radical (unpaired) electrons. The zero-order valence-corrected chi connectivity index (χ0v) is 11.4. The van der Waals surface area contributed by atoms with E-state index in [0.29, 0.717) is 6.42 Å². The second-order valence-corrected chi connectivity index (χ2v) is 4.44. The maximum absolute atomic E-state index is 11.6. The Hall–Kier alpha value is -1.16. The summed E-state index contributed by atoms with van der Waals surface area (Å²) in [6, 6.07) is 9.53. The lowest BCUT2D eigenvalue weighted by Crippen LogP contribution is -2.40. The standard InChI is InChI=1S/C13H16BrNO2/c1-10(16)15-12(13(17)9-14)8-7-11-5-3-2-4-6-11/h2-6,12H,7-9H2,1H3,(H,15,16). The van der Waals surface area contributed by atoms with Gasteiger partial charge in [0.25, 0.3) is 0 Å². The quantitative estimate of drug-likeness (QED) is 0.817. The third-order valence-corrected chi connectivity index (χ3v) is 3.02. The maximum Gasteiger partial charge on any atom is 0.217 e. The number of carbonyl (C=O) groups excluding carboxylic acids is 2. The molecule has 3 nitrogen and oxygen atoms in total. The molecule has 0 saturated heterocycles. The van der Waals surface area contributed by atoms with Gasteiger partial charge in [0, 0.05) is 6.92 Å². The lowest BCUT2D eigenvalue weighted by Gasteiger charge is -2.15. The summed E-state index contributed by atoms with van der Waals surface area (Å²) < 4.78 is 0. The summed E-state index contributed by atoms with van der Waals surface area (Å²) in [6.45, 7) is 1.43. The van der Waals surface area contributed by atoms with Crippen molar-refractivity contribution >= 4 is 27.6 Å². The third kappa shape index (κ3) is 5.13. The van der Waals surface area contributed by atoms with E-state index in [0.717, 1.165) is 6.42 Å². The first-order valence-electron chi connectivity index (χ1n) is 5.53. The molecule has 0 aromatic heterocycles. The molecule has 1 atom stereocenters. The monoisotopic (exact) mass is 297 g/mol. The Bertz CT molecular complexity index is 378. The van der Waals surface area contributed by atoms with E-state index in [4.69, 9.17) is 0 Å². The molecular weight excluding hydrogens is 282 g/mol. The minimum absolute atomic E-state index is 0.0103. The van der Waals surface area contributed by atoms with Gasteiger partial charge >= 0.3 is 0 Å². The molecule has 1 amide bonds. The summed E-state index contributed by atoms with van der Waals surface area (Å²) in [6.07, 6.45) is 1.42. The van der Waals surface area contributed by atoms with E-state index in [1.165, 1.54) is 12.5 Å². The second-order valence-electron chi connectivity index (χ2n) is 3.88. The molecule has 0 heterocycles. The van der Waals surface area contributed by atoms with Crippen molar-refractivity contribution in [1.29, 1.82) is 0 Å². The number of halogens is 1. The van der Waals surface area contributed by atoms with E-state index in [1.54, 1.807) is 0 Å². The molecule has 1 N–H and O–H groups in total. The van der Waals surface area contributed by atoms with Crippen molar-refractivity contribution in [2.45, 2.75) is 25.8 Å². The molecule has 4 heteroatoms. The number of amides is 1. The first-order valence-corrected chi connectivity index (χ1v) is 6.65. The molecule has 0 aliphatic rings. The average Bonchev–Trinajstić information content (AvgIpc) is 2.34. The summed E-state index contributed by atoms with van der Waals surface area (Å²) in [4.78, 5) is 22.6. The van der Waals surface area contributed by atoms with Gasteiger partial charge in [-0.05, 0) is 18.4 Å². The summed E-state index contributed by atoms with van der Waals surface area (Å²) in [5.41, 5.74) is 1.17. The van der Waals surface area contributed by atoms with Gasteiger partial charge in [-0.2, -0.15) is 0 Å².